The number of hydrogen-bond acceptors (Lipinski definition) is 6. The Labute approximate surface area is 174 Å². The third-order valence-electron chi connectivity index (χ3n) is 4.97. The summed E-state index contributed by atoms with van der Waals surface area (Å²) in [5.41, 5.74) is 1.65. The zero-order valence-corrected chi connectivity index (χ0v) is 17.5. The van der Waals surface area contributed by atoms with Crippen molar-refractivity contribution in [1.29, 1.82) is 0 Å². The van der Waals surface area contributed by atoms with E-state index in [-0.39, 0.29) is 5.91 Å². The second-order valence-electron chi connectivity index (χ2n) is 6.75. The SMILES string of the molecule is O=C(c1ccc2c(c1)OCCO2)N1CCN(c2nc3ccc(Br)cc3s2)CC1. The zero-order valence-electron chi connectivity index (χ0n) is 15.1. The highest BCUT2D eigenvalue weighted by Crippen LogP contribution is 2.33. The molecule has 0 spiro atoms. The van der Waals surface area contributed by atoms with Crippen LogP contribution in [-0.4, -0.2) is 55.2 Å². The lowest BCUT2D eigenvalue weighted by atomic mass is 10.1. The Kier molecular flexibility index (Phi) is 4.60. The summed E-state index contributed by atoms with van der Waals surface area (Å²) in [6.07, 6.45) is 0. The Morgan fingerprint density at radius 3 is 2.61 bits per heavy atom. The molecule has 2 aliphatic rings. The first-order chi connectivity index (χ1) is 13.7. The predicted molar refractivity (Wildman–Crippen MR) is 113 cm³/mol. The largest absolute Gasteiger partial charge is 0.486 e. The molecule has 8 heteroatoms. The first-order valence-electron chi connectivity index (χ1n) is 9.17. The van der Waals surface area contributed by atoms with E-state index in [2.05, 4.69) is 26.9 Å². The highest BCUT2D eigenvalue weighted by Gasteiger charge is 2.25. The Hall–Kier alpha value is -2.32. The van der Waals surface area contributed by atoms with Crippen molar-refractivity contribution < 1.29 is 14.3 Å². The Morgan fingerprint density at radius 2 is 1.79 bits per heavy atom. The standard InChI is InChI=1S/C20H18BrN3O3S/c21-14-2-3-15-18(12-14)28-20(22-15)24-7-5-23(6-8-24)19(25)13-1-4-16-17(11-13)27-10-9-26-16/h1-4,11-12H,5-10H2. The van der Waals surface area contributed by atoms with Gasteiger partial charge in [-0.2, -0.15) is 0 Å². The van der Waals surface area contributed by atoms with Crippen molar-refractivity contribution in [3.05, 3.63) is 46.4 Å². The van der Waals surface area contributed by atoms with E-state index in [4.69, 9.17) is 14.5 Å². The molecule has 2 aromatic carbocycles. The molecule has 1 saturated heterocycles. The second-order valence-corrected chi connectivity index (χ2v) is 8.67. The first kappa shape index (κ1) is 17.8. The molecule has 1 fully saturated rings. The average molecular weight is 460 g/mol. The van der Waals surface area contributed by atoms with Gasteiger partial charge in [0.25, 0.3) is 5.91 Å². The molecule has 0 atom stereocenters. The van der Waals surface area contributed by atoms with Gasteiger partial charge in [0.15, 0.2) is 16.6 Å². The van der Waals surface area contributed by atoms with Crippen molar-refractivity contribution in [3.8, 4) is 11.5 Å². The summed E-state index contributed by atoms with van der Waals surface area (Å²) < 4.78 is 13.4. The van der Waals surface area contributed by atoms with Gasteiger partial charge in [0.05, 0.1) is 10.2 Å². The number of amides is 1. The fourth-order valence-electron chi connectivity index (χ4n) is 3.48. The van der Waals surface area contributed by atoms with Crippen molar-refractivity contribution in [3.63, 3.8) is 0 Å². The normalized spacial score (nSPS) is 16.5. The van der Waals surface area contributed by atoms with Crippen LogP contribution in [0, 0.1) is 0 Å². The fourth-order valence-corrected chi connectivity index (χ4v) is 5.05. The Balaban J connectivity index is 1.28. The van der Waals surface area contributed by atoms with Crippen LogP contribution in [0.15, 0.2) is 40.9 Å². The molecule has 0 bridgehead atoms. The summed E-state index contributed by atoms with van der Waals surface area (Å²) in [5.74, 6) is 1.39. The lowest BCUT2D eigenvalue weighted by Crippen LogP contribution is -2.48. The third-order valence-corrected chi connectivity index (χ3v) is 6.54. The maximum atomic E-state index is 12.9. The summed E-state index contributed by atoms with van der Waals surface area (Å²) >= 11 is 5.20. The minimum atomic E-state index is 0.0323. The van der Waals surface area contributed by atoms with E-state index in [0.717, 1.165) is 28.2 Å². The number of carbonyl (C=O) groups excluding carboxylic acids is 1. The quantitative estimate of drug-likeness (QED) is 0.583. The van der Waals surface area contributed by atoms with Gasteiger partial charge in [0.2, 0.25) is 0 Å². The number of nitrogens with zero attached hydrogens (tertiary/aromatic N) is 3. The topological polar surface area (TPSA) is 54.9 Å². The maximum Gasteiger partial charge on any atom is 0.254 e. The Bertz CT molecular complexity index is 1050. The van der Waals surface area contributed by atoms with Gasteiger partial charge in [-0.05, 0) is 36.4 Å². The van der Waals surface area contributed by atoms with Crippen molar-refractivity contribution in [2.24, 2.45) is 0 Å². The lowest BCUT2D eigenvalue weighted by Gasteiger charge is -2.34. The molecule has 3 aromatic rings. The number of halogens is 1. The van der Waals surface area contributed by atoms with Crippen LogP contribution in [0.5, 0.6) is 11.5 Å². The van der Waals surface area contributed by atoms with Crippen LogP contribution in [-0.2, 0) is 0 Å². The van der Waals surface area contributed by atoms with Gasteiger partial charge < -0.3 is 19.3 Å². The highest BCUT2D eigenvalue weighted by molar-refractivity contribution is 9.10. The minimum absolute atomic E-state index is 0.0323. The summed E-state index contributed by atoms with van der Waals surface area (Å²) in [7, 11) is 0. The van der Waals surface area contributed by atoms with E-state index in [0.29, 0.717) is 43.4 Å². The van der Waals surface area contributed by atoms with E-state index >= 15 is 0 Å². The number of benzene rings is 2. The fraction of sp³-hybridized carbons (Fsp3) is 0.300. The van der Waals surface area contributed by atoms with Crippen LogP contribution in [0.3, 0.4) is 0 Å². The van der Waals surface area contributed by atoms with Gasteiger partial charge in [-0.3, -0.25) is 4.79 Å². The molecule has 0 unspecified atom stereocenters. The molecule has 1 aromatic heterocycles. The van der Waals surface area contributed by atoms with Gasteiger partial charge in [-0.25, -0.2) is 4.98 Å². The van der Waals surface area contributed by atoms with E-state index in [1.165, 1.54) is 4.70 Å². The molecule has 0 radical (unpaired) electrons. The summed E-state index contributed by atoms with van der Waals surface area (Å²) in [6, 6.07) is 11.6. The van der Waals surface area contributed by atoms with Crippen LogP contribution < -0.4 is 14.4 Å². The van der Waals surface area contributed by atoms with Crippen molar-refractivity contribution in [2.75, 3.05) is 44.3 Å². The van der Waals surface area contributed by atoms with Gasteiger partial charge in [0, 0.05) is 36.2 Å². The molecule has 0 saturated carbocycles. The van der Waals surface area contributed by atoms with Gasteiger partial charge >= 0.3 is 0 Å². The second kappa shape index (κ2) is 7.25. The summed E-state index contributed by atoms with van der Waals surface area (Å²) in [6.45, 7) is 3.96. The van der Waals surface area contributed by atoms with Crippen molar-refractivity contribution in [2.45, 2.75) is 0 Å². The molecule has 2 aliphatic heterocycles. The molecule has 28 heavy (non-hydrogen) atoms. The number of fused-ring (bicyclic) bond motifs is 2. The first-order valence-corrected chi connectivity index (χ1v) is 10.8. The van der Waals surface area contributed by atoms with Gasteiger partial charge in [0.1, 0.15) is 13.2 Å². The number of thiazole rings is 1. The molecule has 5 rings (SSSR count). The van der Waals surface area contributed by atoms with Crippen molar-refractivity contribution >= 4 is 48.5 Å². The number of piperazine rings is 1. The molecule has 144 valence electrons. The van der Waals surface area contributed by atoms with Gasteiger partial charge in [-0.1, -0.05) is 27.3 Å². The van der Waals surface area contributed by atoms with E-state index in [9.17, 15) is 4.79 Å². The minimum Gasteiger partial charge on any atom is -0.486 e. The van der Waals surface area contributed by atoms with E-state index in [1.54, 1.807) is 17.4 Å². The maximum absolute atomic E-state index is 12.9. The monoisotopic (exact) mass is 459 g/mol. The van der Waals surface area contributed by atoms with Crippen LogP contribution in [0.4, 0.5) is 5.13 Å². The smallest absolute Gasteiger partial charge is 0.254 e. The van der Waals surface area contributed by atoms with Crippen LogP contribution in [0.25, 0.3) is 10.2 Å². The zero-order chi connectivity index (χ0) is 19.1. The number of carbonyl (C=O) groups is 1. The van der Waals surface area contributed by atoms with Crippen LogP contribution in [0.2, 0.25) is 0 Å². The highest BCUT2D eigenvalue weighted by atomic mass is 79.9. The molecule has 0 N–H and O–H groups in total. The Morgan fingerprint density at radius 1 is 1.00 bits per heavy atom. The average Bonchev–Trinajstić information content (AvgIpc) is 3.16. The van der Waals surface area contributed by atoms with E-state index in [1.807, 2.05) is 29.2 Å². The molecule has 1 amide bonds. The molecular formula is C20H18BrN3O3S. The summed E-state index contributed by atoms with van der Waals surface area (Å²) in [4.78, 5) is 21.8. The number of aromatic nitrogens is 1. The van der Waals surface area contributed by atoms with Crippen LogP contribution in [0.1, 0.15) is 10.4 Å². The van der Waals surface area contributed by atoms with E-state index < -0.39 is 0 Å². The van der Waals surface area contributed by atoms with Gasteiger partial charge in [-0.15, -0.1) is 0 Å². The number of rotatable bonds is 2. The molecule has 0 aliphatic carbocycles. The number of anilines is 1. The molecule has 3 heterocycles. The molecule has 6 nitrogen and oxygen atoms in total. The number of ether oxygens (including phenoxy) is 2. The third kappa shape index (κ3) is 3.31. The van der Waals surface area contributed by atoms with Crippen LogP contribution >= 0.6 is 27.3 Å². The lowest BCUT2D eigenvalue weighted by molar-refractivity contribution is 0.0745. The predicted octanol–water partition coefficient (Wildman–Crippen LogP) is 3.79. The van der Waals surface area contributed by atoms with Crippen molar-refractivity contribution in [1.82, 2.24) is 9.88 Å². The number of hydrogen-bond donors (Lipinski definition) is 0. The molecular weight excluding hydrogens is 442 g/mol. The summed E-state index contributed by atoms with van der Waals surface area (Å²) in [5, 5.41) is 1.01.